The fraction of sp³-hybridized carbons (Fsp3) is 0.889. The van der Waals surface area contributed by atoms with Crippen LogP contribution in [0, 0.1) is 5.41 Å². The van der Waals surface area contributed by atoms with E-state index in [-0.39, 0.29) is 6.03 Å². The largest absolute Gasteiger partial charge is 0.341 e. The van der Waals surface area contributed by atoms with Gasteiger partial charge in [0.2, 0.25) is 0 Å². The maximum absolute atomic E-state index is 11.3. The third-order valence-corrected chi connectivity index (χ3v) is 3.19. The third-order valence-electron chi connectivity index (χ3n) is 3.19. The molecule has 1 saturated carbocycles. The minimum atomic E-state index is -0.0972. The van der Waals surface area contributed by atoms with E-state index < -0.39 is 0 Å². The number of amides is 2. The van der Waals surface area contributed by atoms with E-state index in [2.05, 4.69) is 10.3 Å². The standard InChI is InChI=1S/C9H16N2O2/c1-13-10-8(12)11-6-9(7-11)4-2-3-5-9/h2-7H2,1H3,(H,10,12). The van der Waals surface area contributed by atoms with Crippen LogP contribution in [0.3, 0.4) is 0 Å². The average Bonchev–Trinajstić information content (AvgIpc) is 2.49. The zero-order valence-corrected chi connectivity index (χ0v) is 8.01. The number of nitrogens with one attached hydrogen (secondary N) is 1. The summed E-state index contributed by atoms with van der Waals surface area (Å²) >= 11 is 0. The molecule has 0 atom stereocenters. The van der Waals surface area contributed by atoms with E-state index >= 15 is 0 Å². The average molecular weight is 184 g/mol. The van der Waals surface area contributed by atoms with E-state index in [0.717, 1.165) is 13.1 Å². The molecule has 4 heteroatoms. The molecule has 0 aromatic rings. The second-order valence-corrected chi connectivity index (χ2v) is 4.17. The first-order valence-corrected chi connectivity index (χ1v) is 4.84. The topological polar surface area (TPSA) is 41.6 Å². The summed E-state index contributed by atoms with van der Waals surface area (Å²) in [6.07, 6.45) is 5.26. The number of nitrogens with zero attached hydrogens (tertiary/aromatic N) is 1. The summed E-state index contributed by atoms with van der Waals surface area (Å²) in [5, 5.41) is 0. The van der Waals surface area contributed by atoms with Gasteiger partial charge < -0.3 is 4.90 Å². The molecule has 0 radical (unpaired) electrons. The number of carbonyl (C=O) groups is 1. The van der Waals surface area contributed by atoms with Gasteiger partial charge in [-0.1, -0.05) is 12.8 Å². The van der Waals surface area contributed by atoms with E-state index in [1.165, 1.54) is 32.8 Å². The Bertz CT molecular complexity index is 204. The van der Waals surface area contributed by atoms with Gasteiger partial charge in [-0.2, -0.15) is 0 Å². The van der Waals surface area contributed by atoms with Gasteiger partial charge >= 0.3 is 6.03 Å². The van der Waals surface area contributed by atoms with Crippen LogP contribution in [0.25, 0.3) is 0 Å². The van der Waals surface area contributed by atoms with E-state index in [1.54, 1.807) is 0 Å². The van der Waals surface area contributed by atoms with Crippen molar-refractivity contribution in [2.24, 2.45) is 5.41 Å². The molecule has 74 valence electrons. The lowest BCUT2D eigenvalue weighted by Gasteiger charge is -2.47. The zero-order chi connectivity index (χ0) is 9.31. The van der Waals surface area contributed by atoms with Gasteiger partial charge in [-0.25, -0.2) is 10.3 Å². The summed E-state index contributed by atoms with van der Waals surface area (Å²) in [4.78, 5) is 17.6. The minimum absolute atomic E-state index is 0.0972. The molecule has 0 unspecified atom stereocenters. The molecular weight excluding hydrogens is 168 g/mol. The lowest BCUT2D eigenvalue weighted by Crippen LogP contribution is -2.59. The number of carbonyl (C=O) groups excluding carboxylic acids is 1. The molecule has 4 nitrogen and oxygen atoms in total. The molecule has 2 amide bonds. The molecule has 0 aromatic carbocycles. The van der Waals surface area contributed by atoms with Gasteiger partial charge in [0.15, 0.2) is 0 Å². The van der Waals surface area contributed by atoms with Gasteiger partial charge in [-0.15, -0.1) is 0 Å². The maximum Gasteiger partial charge on any atom is 0.341 e. The van der Waals surface area contributed by atoms with Crippen LogP contribution in [0.2, 0.25) is 0 Å². The van der Waals surface area contributed by atoms with Crippen LogP contribution in [0.15, 0.2) is 0 Å². The molecule has 0 aromatic heterocycles. The van der Waals surface area contributed by atoms with Gasteiger partial charge in [-0.05, 0) is 12.8 Å². The first-order chi connectivity index (χ1) is 6.26. The van der Waals surface area contributed by atoms with Crippen molar-refractivity contribution in [2.45, 2.75) is 25.7 Å². The molecule has 1 N–H and O–H groups in total. The normalized spacial score (nSPS) is 24.5. The zero-order valence-electron chi connectivity index (χ0n) is 8.01. The van der Waals surface area contributed by atoms with Crippen molar-refractivity contribution in [3.05, 3.63) is 0 Å². The number of hydrogen-bond donors (Lipinski definition) is 1. The van der Waals surface area contributed by atoms with Crippen molar-refractivity contribution in [3.8, 4) is 0 Å². The smallest absolute Gasteiger partial charge is 0.322 e. The lowest BCUT2D eigenvalue weighted by molar-refractivity contribution is 0.0111. The predicted octanol–water partition coefficient (Wildman–Crippen LogP) is 1.13. The van der Waals surface area contributed by atoms with Crippen LogP contribution in [0.4, 0.5) is 4.79 Å². The van der Waals surface area contributed by atoms with Gasteiger partial charge in [0.1, 0.15) is 0 Å². The lowest BCUT2D eigenvalue weighted by atomic mass is 9.78. The Morgan fingerprint density at radius 3 is 2.54 bits per heavy atom. The Kier molecular flexibility index (Phi) is 2.15. The Morgan fingerprint density at radius 1 is 1.38 bits per heavy atom. The van der Waals surface area contributed by atoms with E-state index in [0.29, 0.717) is 5.41 Å². The minimum Gasteiger partial charge on any atom is -0.322 e. The highest BCUT2D eigenvalue weighted by atomic mass is 16.6. The number of urea groups is 1. The monoisotopic (exact) mass is 184 g/mol. The van der Waals surface area contributed by atoms with Crippen LogP contribution in [-0.4, -0.2) is 31.1 Å². The molecule has 1 aliphatic carbocycles. The molecule has 2 aliphatic rings. The van der Waals surface area contributed by atoms with Crippen molar-refractivity contribution in [1.82, 2.24) is 10.4 Å². The fourth-order valence-electron chi connectivity index (χ4n) is 2.50. The second kappa shape index (κ2) is 3.18. The van der Waals surface area contributed by atoms with Crippen molar-refractivity contribution in [1.29, 1.82) is 0 Å². The van der Waals surface area contributed by atoms with Crippen molar-refractivity contribution in [3.63, 3.8) is 0 Å². The number of rotatable bonds is 1. The summed E-state index contributed by atoms with van der Waals surface area (Å²) in [5.41, 5.74) is 2.82. The molecule has 1 saturated heterocycles. The van der Waals surface area contributed by atoms with Crippen LogP contribution in [0.5, 0.6) is 0 Å². The van der Waals surface area contributed by atoms with Crippen LogP contribution in [-0.2, 0) is 4.84 Å². The van der Waals surface area contributed by atoms with Gasteiger partial charge in [0, 0.05) is 18.5 Å². The second-order valence-electron chi connectivity index (χ2n) is 4.17. The van der Waals surface area contributed by atoms with E-state index in [4.69, 9.17) is 0 Å². The summed E-state index contributed by atoms with van der Waals surface area (Å²) < 4.78 is 0. The first-order valence-electron chi connectivity index (χ1n) is 4.84. The molecule has 1 spiro atoms. The molecule has 0 bridgehead atoms. The molecule has 2 fully saturated rings. The fourth-order valence-corrected chi connectivity index (χ4v) is 2.50. The van der Waals surface area contributed by atoms with Crippen molar-refractivity contribution < 1.29 is 9.63 Å². The third kappa shape index (κ3) is 1.50. The highest BCUT2D eigenvalue weighted by molar-refractivity contribution is 5.74. The Labute approximate surface area is 78.2 Å². The van der Waals surface area contributed by atoms with Crippen LogP contribution >= 0.6 is 0 Å². The molecule has 2 rings (SSSR count). The van der Waals surface area contributed by atoms with Crippen molar-refractivity contribution in [2.75, 3.05) is 20.2 Å². The van der Waals surface area contributed by atoms with Gasteiger partial charge in [0.25, 0.3) is 0 Å². The Morgan fingerprint density at radius 2 is 2.00 bits per heavy atom. The van der Waals surface area contributed by atoms with Crippen LogP contribution < -0.4 is 5.48 Å². The SMILES string of the molecule is CONC(=O)N1CC2(CCCC2)C1. The van der Waals surface area contributed by atoms with E-state index in [1.807, 2.05) is 4.90 Å². The summed E-state index contributed by atoms with van der Waals surface area (Å²) in [5.74, 6) is 0. The maximum atomic E-state index is 11.3. The number of hydrogen-bond acceptors (Lipinski definition) is 2. The van der Waals surface area contributed by atoms with E-state index in [9.17, 15) is 4.79 Å². The van der Waals surface area contributed by atoms with Crippen molar-refractivity contribution >= 4 is 6.03 Å². The molecule has 1 aliphatic heterocycles. The predicted molar refractivity (Wildman–Crippen MR) is 48.0 cm³/mol. The highest BCUT2D eigenvalue weighted by Crippen LogP contribution is 2.45. The first kappa shape index (κ1) is 8.81. The van der Waals surface area contributed by atoms with Gasteiger partial charge in [-0.3, -0.25) is 4.84 Å². The Balaban J connectivity index is 1.80. The summed E-state index contributed by atoms with van der Waals surface area (Å²) in [7, 11) is 1.46. The van der Waals surface area contributed by atoms with Crippen LogP contribution in [0.1, 0.15) is 25.7 Å². The Hall–Kier alpha value is -0.770. The molecule has 13 heavy (non-hydrogen) atoms. The van der Waals surface area contributed by atoms with Gasteiger partial charge in [0.05, 0.1) is 7.11 Å². The highest BCUT2D eigenvalue weighted by Gasteiger charge is 2.46. The summed E-state index contributed by atoms with van der Waals surface area (Å²) in [6.45, 7) is 1.84. The summed E-state index contributed by atoms with van der Waals surface area (Å²) in [6, 6.07) is -0.0972. The number of likely N-dealkylation sites (tertiary alicyclic amines) is 1. The molecule has 1 heterocycles. The number of hydroxylamine groups is 1. The quantitative estimate of drug-likeness (QED) is 0.621. The molecular formula is C9H16N2O2.